The molecular formula is C25H30N2O4. The van der Waals surface area contributed by atoms with Crippen molar-refractivity contribution in [1.29, 1.82) is 0 Å². The molecule has 1 fully saturated rings. The number of carbonyl (C=O) groups excluding carboxylic acids is 2. The number of aliphatic hydroxyl groups is 1. The number of nitrogens with zero attached hydrogens (tertiary/aromatic N) is 2. The van der Waals surface area contributed by atoms with Crippen LogP contribution in [0.25, 0.3) is 5.76 Å². The van der Waals surface area contributed by atoms with E-state index in [1.165, 1.54) is 7.11 Å². The lowest BCUT2D eigenvalue weighted by molar-refractivity contribution is -0.140. The Kier molecular flexibility index (Phi) is 7.13. The van der Waals surface area contributed by atoms with Crippen molar-refractivity contribution in [2.45, 2.75) is 26.8 Å². The highest BCUT2D eigenvalue weighted by atomic mass is 16.5. The topological polar surface area (TPSA) is 70.1 Å². The lowest BCUT2D eigenvalue weighted by atomic mass is 9.94. The van der Waals surface area contributed by atoms with E-state index in [-0.39, 0.29) is 11.3 Å². The van der Waals surface area contributed by atoms with Crippen LogP contribution in [0.5, 0.6) is 5.75 Å². The van der Waals surface area contributed by atoms with E-state index in [4.69, 9.17) is 4.74 Å². The molecule has 0 radical (unpaired) electrons. The number of ether oxygens (including phenoxy) is 1. The molecule has 2 aromatic rings. The molecule has 6 nitrogen and oxygen atoms in total. The fourth-order valence-electron chi connectivity index (χ4n) is 3.98. The van der Waals surface area contributed by atoms with E-state index in [0.717, 1.165) is 24.2 Å². The molecule has 0 aliphatic carbocycles. The molecule has 6 heteroatoms. The Hall–Kier alpha value is -3.12. The number of aliphatic hydroxyl groups excluding tert-OH is 1. The number of amides is 1. The minimum absolute atomic E-state index is 0.0953. The van der Waals surface area contributed by atoms with Gasteiger partial charge in [0, 0.05) is 13.1 Å². The second-order valence-corrected chi connectivity index (χ2v) is 7.63. The van der Waals surface area contributed by atoms with Crippen LogP contribution >= 0.6 is 0 Å². The Bertz CT molecular complexity index is 977. The van der Waals surface area contributed by atoms with Crippen molar-refractivity contribution in [2.75, 3.05) is 33.3 Å². The molecule has 31 heavy (non-hydrogen) atoms. The van der Waals surface area contributed by atoms with Gasteiger partial charge >= 0.3 is 0 Å². The average molecular weight is 423 g/mol. The molecule has 1 amide bonds. The molecule has 0 aromatic heterocycles. The number of benzene rings is 2. The quantitative estimate of drug-likeness (QED) is 0.398. The predicted molar refractivity (Wildman–Crippen MR) is 121 cm³/mol. The van der Waals surface area contributed by atoms with Gasteiger partial charge in [0.2, 0.25) is 0 Å². The van der Waals surface area contributed by atoms with Gasteiger partial charge in [-0.25, -0.2) is 0 Å². The number of carbonyl (C=O) groups is 2. The van der Waals surface area contributed by atoms with Crippen LogP contribution in [0, 0.1) is 6.92 Å². The lowest BCUT2D eigenvalue weighted by Crippen LogP contribution is -2.38. The summed E-state index contributed by atoms with van der Waals surface area (Å²) >= 11 is 0. The number of likely N-dealkylation sites (N-methyl/N-ethyl adjacent to an activating group) is 1. The van der Waals surface area contributed by atoms with Crippen molar-refractivity contribution in [3.8, 4) is 5.75 Å². The number of likely N-dealkylation sites (tertiary alicyclic amines) is 1. The highest BCUT2D eigenvalue weighted by Gasteiger charge is 2.46. The van der Waals surface area contributed by atoms with E-state index >= 15 is 0 Å². The normalized spacial score (nSPS) is 18.1. The lowest BCUT2D eigenvalue weighted by Gasteiger charge is -2.28. The van der Waals surface area contributed by atoms with E-state index in [0.29, 0.717) is 24.4 Å². The third kappa shape index (κ3) is 4.49. The summed E-state index contributed by atoms with van der Waals surface area (Å²) in [6.45, 7) is 8.88. The third-order valence-electron chi connectivity index (χ3n) is 5.85. The first-order valence-electron chi connectivity index (χ1n) is 10.6. The second-order valence-electron chi connectivity index (χ2n) is 7.63. The molecule has 1 aliphatic heterocycles. The summed E-state index contributed by atoms with van der Waals surface area (Å²) in [4.78, 5) is 29.9. The minimum Gasteiger partial charge on any atom is -0.507 e. The van der Waals surface area contributed by atoms with Crippen LogP contribution in [-0.2, 0) is 9.59 Å². The third-order valence-corrected chi connectivity index (χ3v) is 5.85. The molecule has 0 saturated carbocycles. The summed E-state index contributed by atoms with van der Waals surface area (Å²) in [7, 11) is 1.51. The molecule has 2 aromatic carbocycles. The number of ketones is 1. The van der Waals surface area contributed by atoms with E-state index in [2.05, 4.69) is 18.7 Å². The number of hydrogen-bond acceptors (Lipinski definition) is 5. The SMILES string of the molecule is CCN(CC)CCN1C(=O)C(=O)/C(=C(/O)c2ccccc2OC)C1c1ccc(C)cc1. The number of Topliss-reactive ketones (excluding diaryl/α,β-unsaturated/α-hetero) is 1. The van der Waals surface area contributed by atoms with Gasteiger partial charge < -0.3 is 19.6 Å². The van der Waals surface area contributed by atoms with Gasteiger partial charge in [-0.05, 0) is 37.7 Å². The zero-order valence-electron chi connectivity index (χ0n) is 18.6. The Labute approximate surface area is 183 Å². The first-order valence-corrected chi connectivity index (χ1v) is 10.6. The molecule has 1 atom stereocenters. The highest BCUT2D eigenvalue weighted by molar-refractivity contribution is 6.46. The maximum absolute atomic E-state index is 13.1. The van der Waals surface area contributed by atoms with Crippen LogP contribution in [0.3, 0.4) is 0 Å². The van der Waals surface area contributed by atoms with Gasteiger partial charge in [0.1, 0.15) is 11.5 Å². The summed E-state index contributed by atoms with van der Waals surface area (Å²) < 4.78 is 5.37. The van der Waals surface area contributed by atoms with Crippen LogP contribution in [0.2, 0.25) is 0 Å². The van der Waals surface area contributed by atoms with Crippen LogP contribution < -0.4 is 4.74 Å². The van der Waals surface area contributed by atoms with Gasteiger partial charge in [-0.1, -0.05) is 55.8 Å². The van der Waals surface area contributed by atoms with Gasteiger partial charge in [-0.15, -0.1) is 0 Å². The maximum Gasteiger partial charge on any atom is 0.295 e. The first-order chi connectivity index (χ1) is 14.9. The zero-order valence-corrected chi connectivity index (χ0v) is 18.6. The number of para-hydroxylation sites is 1. The van der Waals surface area contributed by atoms with E-state index in [9.17, 15) is 14.7 Å². The van der Waals surface area contributed by atoms with E-state index in [1.807, 2.05) is 31.2 Å². The van der Waals surface area contributed by atoms with Crippen molar-refractivity contribution < 1.29 is 19.4 Å². The van der Waals surface area contributed by atoms with E-state index < -0.39 is 17.7 Å². The number of rotatable bonds is 8. The summed E-state index contributed by atoms with van der Waals surface area (Å²) in [5, 5.41) is 11.2. The van der Waals surface area contributed by atoms with Crippen molar-refractivity contribution in [3.05, 3.63) is 70.8 Å². The van der Waals surface area contributed by atoms with Crippen molar-refractivity contribution in [2.24, 2.45) is 0 Å². The molecule has 0 bridgehead atoms. The fraction of sp³-hybridized carbons (Fsp3) is 0.360. The molecular weight excluding hydrogens is 392 g/mol. The van der Waals surface area contributed by atoms with Crippen molar-refractivity contribution in [1.82, 2.24) is 9.80 Å². The largest absolute Gasteiger partial charge is 0.507 e. The molecule has 1 heterocycles. The van der Waals surface area contributed by atoms with Gasteiger partial charge in [0.05, 0.1) is 24.3 Å². The van der Waals surface area contributed by atoms with Crippen LogP contribution in [-0.4, -0.2) is 59.9 Å². The second kappa shape index (κ2) is 9.79. The Morgan fingerprint density at radius 1 is 1.06 bits per heavy atom. The number of methoxy groups -OCH3 is 1. The number of aryl methyl sites for hydroxylation is 1. The van der Waals surface area contributed by atoms with Gasteiger partial charge in [0.15, 0.2) is 0 Å². The smallest absolute Gasteiger partial charge is 0.295 e. The van der Waals surface area contributed by atoms with Crippen LogP contribution in [0.4, 0.5) is 0 Å². The highest BCUT2D eigenvalue weighted by Crippen LogP contribution is 2.40. The van der Waals surface area contributed by atoms with E-state index in [1.54, 1.807) is 29.2 Å². The van der Waals surface area contributed by atoms with Gasteiger partial charge in [0.25, 0.3) is 11.7 Å². The van der Waals surface area contributed by atoms with Crippen molar-refractivity contribution >= 4 is 17.4 Å². The number of hydrogen-bond donors (Lipinski definition) is 1. The Morgan fingerprint density at radius 2 is 1.71 bits per heavy atom. The fourth-order valence-corrected chi connectivity index (χ4v) is 3.98. The standard InChI is InChI=1S/C25H30N2O4/c1-5-26(6-2)15-16-27-22(18-13-11-17(3)12-14-18)21(24(29)25(27)30)23(28)19-9-7-8-10-20(19)31-4/h7-14,22,28H,5-6,15-16H2,1-4H3/b23-21+. The molecule has 1 aliphatic rings. The molecule has 164 valence electrons. The zero-order chi connectivity index (χ0) is 22.5. The maximum atomic E-state index is 13.1. The molecule has 1 unspecified atom stereocenters. The molecule has 1 N–H and O–H groups in total. The summed E-state index contributed by atoms with van der Waals surface area (Å²) in [5.41, 5.74) is 2.36. The molecule has 1 saturated heterocycles. The van der Waals surface area contributed by atoms with Crippen LogP contribution in [0.15, 0.2) is 54.1 Å². The molecule has 3 rings (SSSR count). The summed E-state index contributed by atoms with van der Waals surface area (Å²) in [6, 6.07) is 14.0. The predicted octanol–water partition coefficient (Wildman–Crippen LogP) is 3.77. The van der Waals surface area contributed by atoms with Crippen LogP contribution in [0.1, 0.15) is 36.6 Å². The first kappa shape index (κ1) is 22.6. The molecule has 0 spiro atoms. The Morgan fingerprint density at radius 3 is 2.32 bits per heavy atom. The van der Waals surface area contributed by atoms with Gasteiger partial charge in [-0.3, -0.25) is 9.59 Å². The van der Waals surface area contributed by atoms with Gasteiger partial charge in [-0.2, -0.15) is 0 Å². The minimum atomic E-state index is -0.673. The monoisotopic (exact) mass is 422 g/mol. The van der Waals surface area contributed by atoms with Crippen molar-refractivity contribution in [3.63, 3.8) is 0 Å². The average Bonchev–Trinajstić information content (AvgIpc) is 3.04. The Balaban J connectivity index is 2.12. The summed E-state index contributed by atoms with van der Waals surface area (Å²) in [6.07, 6.45) is 0. The summed E-state index contributed by atoms with van der Waals surface area (Å²) in [5.74, 6) is -1.04.